The fourth-order valence-electron chi connectivity index (χ4n) is 4.17. The number of esters is 1. The predicted octanol–water partition coefficient (Wildman–Crippen LogP) is 0.0221. The molecule has 12 nitrogen and oxygen atoms in total. The number of fused-ring (bicyclic) bond motifs is 1. The summed E-state index contributed by atoms with van der Waals surface area (Å²) in [6, 6.07) is -0.955. The molecule has 0 aromatic carbocycles. The lowest BCUT2D eigenvalue weighted by Gasteiger charge is -2.34. The molecular formula is C22H33FN6O6. The van der Waals surface area contributed by atoms with Gasteiger partial charge in [0, 0.05) is 6.42 Å². The second-order valence-corrected chi connectivity index (χ2v) is 9.01. The first-order valence-electron chi connectivity index (χ1n) is 11.8. The molecule has 1 saturated heterocycles. The third kappa shape index (κ3) is 4.98. The highest BCUT2D eigenvalue weighted by atomic mass is 19.1. The summed E-state index contributed by atoms with van der Waals surface area (Å²) in [6.07, 6.45) is -2.00. The molecule has 0 aliphatic carbocycles. The van der Waals surface area contributed by atoms with Gasteiger partial charge in [0.25, 0.3) is 11.4 Å². The van der Waals surface area contributed by atoms with Crippen molar-refractivity contribution >= 4 is 35.8 Å². The molecule has 3 unspecified atom stereocenters. The number of nitrogens with one attached hydrogen (secondary N) is 2. The van der Waals surface area contributed by atoms with Crippen molar-refractivity contribution in [3.05, 3.63) is 0 Å². The molecular weight excluding hydrogens is 463 g/mol. The Labute approximate surface area is 202 Å². The van der Waals surface area contributed by atoms with Gasteiger partial charge in [0.15, 0.2) is 11.9 Å². The van der Waals surface area contributed by atoms with Crippen LogP contribution in [-0.4, -0.2) is 88.6 Å². The van der Waals surface area contributed by atoms with Gasteiger partial charge in [0.05, 0.1) is 12.9 Å². The number of carbonyl (C=O) groups excluding carboxylic acids is 3. The minimum absolute atomic E-state index is 0.128. The van der Waals surface area contributed by atoms with E-state index in [9.17, 15) is 23.9 Å². The lowest BCUT2D eigenvalue weighted by Crippen LogP contribution is -2.65. The van der Waals surface area contributed by atoms with E-state index < -0.39 is 66.4 Å². The highest BCUT2D eigenvalue weighted by Crippen LogP contribution is 2.34. The maximum Gasteiger partial charge on any atom is 0.323 e. The molecule has 0 aromatic rings. The van der Waals surface area contributed by atoms with Gasteiger partial charge in [-0.2, -0.15) is 4.99 Å². The number of nitrogens with zero attached hydrogens (tertiary/aromatic N) is 3. The molecule has 1 amide bonds. The molecule has 13 heteroatoms. The number of unbranched alkanes of at least 4 members (excludes halogenated alkanes) is 1. The summed E-state index contributed by atoms with van der Waals surface area (Å²) in [5, 5.41) is 19.4. The lowest BCUT2D eigenvalue weighted by molar-refractivity contribution is -0.160. The number of ketones is 1. The maximum atomic E-state index is 14.3. The van der Waals surface area contributed by atoms with Gasteiger partial charge in [-0.15, -0.1) is 0 Å². The van der Waals surface area contributed by atoms with Gasteiger partial charge in [-0.1, -0.05) is 33.6 Å². The van der Waals surface area contributed by atoms with Crippen molar-refractivity contribution in [2.24, 2.45) is 21.6 Å². The predicted molar refractivity (Wildman–Crippen MR) is 123 cm³/mol. The average Bonchev–Trinajstić information content (AvgIpc) is 3.40. The molecule has 3 aliphatic rings. The molecule has 3 heterocycles. The number of amides is 1. The summed E-state index contributed by atoms with van der Waals surface area (Å²) >= 11 is 0. The monoisotopic (exact) mass is 496 g/mol. The van der Waals surface area contributed by atoms with Crippen molar-refractivity contribution < 1.29 is 33.4 Å². The normalized spacial score (nSPS) is 30.4. The van der Waals surface area contributed by atoms with E-state index in [1.165, 1.54) is 4.90 Å². The van der Waals surface area contributed by atoms with Crippen molar-refractivity contribution in [2.45, 2.75) is 89.1 Å². The number of ether oxygens (including phenoxy) is 2. The zero-order chi connectivity index (χ0) is 25.9. The number of rotatable bonds is 11. The quantitative estimate of drug-likeness (QED) is 0.228. The molecule has 35 heavy (non-hydrogen) atoms. The largest absolute Gasteiger partial charge is 0.453 e. The second kappa shape index (κ2) is 10.9. The van der Waals surface area contributed by atoms with Gasteiger partial charge in [0.2, 0.25) is 11.7 Å². The van der Waals surface area contributed by atoms with E-state index >= 15 is 0 Å². The van der Waals surface area contributed by atoms with Crippen LogP contribution in [0.3, 0.4) is 0 Å². The topological polar surface area (TPSA) is 180 Å². The number of aliphatic hydroxyl groups is 1. The standard InChI is InChI=1S/C22H33FN6O6/c1-4-6-7-13(35-18(32)16(24)11(3)5-2)17(31)22-19(27-21(25)28-20(22)33)29(10-26-22)15-8-12(23)14(9-30)34-15/h10-16,30H,4-9,24H2,1-3H3,(H2,25,28,33)/t11-,12?,13?,14+,15+,16-,22?/m0/s1. The number of amidine groups is 1. The average molecular weight is 497 g/mol. The number of carbonyl (C=O) groups is 3. The number of guanidine groups is 1. The molecule has 0 spiro atoms. The maximum absolute atomic E-state index is 14.3. The van der Waals surface area contributed by atoms with E-state index in [1.807, 2.05) is 13.8 Å². The number of hydrogen-bond donors (Lipinski definition) is 4. The van der Waals surface area contributed by atoms with Crippen LogP contribution < -0.4 is 11.1 Å². The van der Waals surface area contributed by atoms with Crippen LogP contribution in [0.25, 0.3) is 0 Å². The molecule has 0 bridgehead atoms. The Bertz CT molecular complexity index is 928. The van der Waals surface area contributed by atoms with Crippen LogP contribution in [-0.2, 0) is 23.9 Å². The van der Waals surface area contributed by atoms with Crippen molar-refractivity contribution in [1.82, 2.24) is 10.2 Å². The molecule has 3 rings (SSSR count). The van der Waals surface area contributed by atoms with E-state index in [4.69, 9.17) is 20.6 Å². The first-order valence-corrected chi connectivity index (χ1v) is 11.8. The molecule has 5 N–H and O–H groups in total. The summed E-state index contributed by atoms with van der Waals surface area (Å²) in [7, 11) is 0. The fourth-order valence-corrected chi connectivity index (χ4v) is 4.17. The second-order valence-electron chi connectivity index (χ2n) is 9.01. The number of halogens is 1. The summed E-state index contributed by atoms with van der Waals surface area (Å²) in [5.41, 5.74) is 3.75. The Hall–Kier alpha value is -2.77. The first-order chi connectivity index (χ1) is 16.6. The smallest absolute Gasteiger partial charge is 0.323 e. The number of Topliss-reactive ketones (excluding diaryl/α,β-unsaturated/α-hetero) is 1. The van der Waals surface area contributed by atoms with Crippen LogP contribution in [0.15, 0.2) is 9.98 Å². The van der Waals surface area contributed by atoms with Gasteiger partial charge in [-0.25, -0.2) is 9.38 Å². The van der Waals surface area contributed by atoms with Crippen molar-refractivity contribution in [3.8, 4) is 0 Å². The van der Waals surface area contributed by atoms with Gasteiger partial charge in [-0.05, 0) is 18.8 Å². The number of hydrogen-bond acceptors (Lipinski definition) is 10. The minimum Gasteiger partial charge on any atom is -0.453 e. The Kier molecular flexibility index (Phi) is 8.34. The zero-order valence-electron chi connectivity index (χ0n) is 20.1. The van der Waals surface area contributed by atoms with Crippen LogP contribution in [0.1, 0.15) is 52.9 Å². The summed E-state index contributed by atoms with van der Waals surface area (Å²) in [4.78, 5) is 49.1. The highest BCUT2D eigenvalue weighted by molar-refractivity contribution is 6.39. The minimum atomic E-state index is -2.24. The third-order valence-electron chi connectivity index (χ3n) is 6.63. The van der Waals surface area contributed by atoms with Gasteiger partial charge < -0.3 is 20.3 Å². The molecule has 194 valence electrons. The van der Waals surface area contributed by atoms with Crippen molar-refractivity contribution in [2.75, 3.05) is 6.61 Å². The number of aliphatic imine (C=N–C) groups is 2. The van der Waals surface area contributed by atoms with E-state index in [-0.39, 0.29) is 24.6 Å². The number of aliphatic hydroxyl groups excluding tert-OH is 1. The molecule has 3 aliphatic heterocycles. The third-order valence-corrected chi connectivity index (χ3v) is 6.63. The first kappa shape index (κ1) is 26.8. The fraction of sp³-hybridized carbons (Fsp3) is 0.727. The van der Waals surface area contributed by atoms with Crippen LogP contribution >= 0.6 is 0 Å². The summed E-state index contributed by atoms with van der Waals surface area (Å²) in [5.74, 6) is -3.50. The lowest BCUT2D eigenvalue weighted by atomic mass is 9.86. The van der Waals surface area contributed by atoms with Crippen LogP contribution in [0.2, 0.25) is 0 Å². The van der Waals surface area contributed by atoms with Crippen LogP contribution in [0.4, 0.5) is 4.39 Å². The van der Waals surface area contributed by atoms with Crippen LogP contribution in [0.5, 0.6) is 0 Å². The molecule has 1 fully saturated rings. The summed E-state index contributed by atoms with van der Waals surface area (Å²) in [6.45, 7) is 5.00. The van der Waals surface area contributed by atoms with Gasteiger partial charge in [0.1, 0.15) is 24.5 Å². The molecule has 0 saturated carbocycles. The van der Waals surface area contributed by atoms with Crippen LogP contribution in [0, 0.1) is 11.3 Å². The van der Waals surface area contributed by atoms with E-state index in [2.05, 4.69) is 15.3 Å². The Morgan fingerprint density at radius 1 is 1.49 bits per heavy atom. The van der Waals surface area contributed by atoms with Gasteiger partial charge in [-0.3, -0.25) is 30.0 Å². The van der Waals surface area contributed by atoms with Crippen molar-refractivity contribution in [1.29, 1.82) is 5.41 Å². The SMILES string of the molecule is CCCCC(OC(=O)[C@@H](N)[C@@H](C)CC)C(=O)C12N=CN([C@H]3CC(F)[C@@H](CO)O3)C1=NC(=N)NC2=O. The van der Waals surface area contributed by atoms with Crippen molar-refractivity contribution in [3.63, 3.8) is 0 Å². The summed E-state index contributed by atoms with van der Waals surface area (Å²) < 4.78 is 25.3. The van der Waals surface area contributed by atoms with Gasteiger partial charge >= 0.3 is 5.97 Å². The van der Waals surface area contributed by atoms with E-state index in [0.717, 1.165) is 6.34 Å². The number of alkyl halides is 1. The Morgan fingerprint density at radius 3 is 2.80 bits per heavy atom. The Balaban J connectivity index is 1.94. The van der Waals surface area contributed by atoms with E-state index in [1.54, 1.807) is 6.92 Å². The van der Waals surface area contributed by atoms with E-state index in [0.29, 0.717) is 19.3 Å². The molecule has 0 radical (unpaired) electrons. The number of nitrogens with two attached hydrogens (primary N) is 1. The molecule has 7 atom stereocenters. The molecule has 0 aromatic heterocycles. The zero-order valence-corrected chi connectivity index (χ0v) is 20.1. The Morgan fingerprint density at radius 2 is 2.20 bits per heavy atom. The highest BCUT2D eigenvalue weighted by Gasteiger charge is 2.61.